The summed E-state index contributed by atoms with van der Waals surface area (Å²) in [6.07, 6.45) is 0.142. The molecule has 0 atom stereocenters. The zero-order valence-corrected chi connectivity index (χ0v) is 16.4. The molecule has 2 aromatic heterocycles. The van der Waals surface area contributed by atoms with Crippen LogP contribution in [0.15, 0.2) is 59.1 Å². The third-order valence-electron chi connectivity index (χ3n) is 4.58. The highest BCUT2D eigenvalue weighted by Crippen LogP contribution is 2.30. The minimum atomic E-state index is -0.510. The number of nitrogens with zero attached hydrogens (tertiary/aromatic N) is 5. The number of benzene rings is 2. The molecule has 2 heterocycles. The molecule has 9 heteroatoms. The number of H-pyrrole nitrogens is 1. The minimum Gasteiger partial charge on any atom is -0.355 e. The van der Waals surface area contributed by atoms with Crippen molar-refractivity contribution in [2.45, 2.75) is 20.3 Å². The van der Waals surface area contributed by atoms with Crippen molar-refractivity contribution in [2.75, 3.05) is 4.90 Å². The van der Waals surface area contributed by atoms with Gasteiger partial charge in [-0.3, -0.25) is 9.59 Å². The Kier molecular flexibility index (Phi) is 5.17. The second-order valence-electron chi connectivity index (χ2n) is 6.51. The molecular weight excluding hydrogens is 384 g/mol. The molecule has 0 radical (unpaired) electrons. The van der Waals surface area contributed by atoms with Gasteiger partial charge in [-0.15, -0.1) is 10.2 Å². The molecule has 2 amide bonds. The van der Waals surface area contributed by atoms with Crippen molar-refractivity contribution in [3.05, 3.63) is 65.9 Å². The molecule has 4 rings (SSSR count). The number of aromatic amines is 1. The number of aryl methyl sites for hydroxylation is 1. The fraction of sp³-hybridized carbons (Fsp3) is 0.143. The van der Waals surface area contributed by atoms with E-state index in [1.165, 1.54) is 0 Å². The zero-order chi connectivity index (χ0) is 21.1. The summed E-state index contributed by atoms with van der Waals surface area (Å²) >= 11 is 0. The van der Waals surface area contributed by atoms with Gasteiger partial charge in [0, 0.05) is 17.5 Å². The number of imide groups is 1. The van der Waals surface area contributed by atoms with Crippen LogP contribution >= 0.6 is 0 Å². The molecule has 0 saturated carbocycles. The normalized spacial score (nSPS) is 10.7. The monoisotopic (exact) mass is 402 g/mol. The highest BCUT2D eigenvalue weighted by atomic mass is 16.5. The van der Waals surface area contributed by atoms with Gasteiger partial charge in [-0.2, -0.15) is 5.21 Å². The summed E-state index contributed by atoms with van der Waals surface area (Å²) in [4.78, 5) is 27.5. The summed E-state index contributed by atoms with van der Waals surface area (Å²) in [6, 6.07) is 16.0. The van der Waals surface area contributed by atoms with Crippen LogP contribution in [0.25, 0.3) is 22.7 Å². The van der Waals surface area contributed by atoms with Crippen LogP contribution in [0.2, 0.25) is 0 Å². The van der Waals surface area contributed by atoms with Crippen molar-refractivity contribution in [2.24, 2.45) is 0 Å². The summed E-state index contributed by atoms with van der Waals surface area (Å²) < 4.78 is 5.44. The fourth-order valence-corrected chi connectivity index (χ4v) is 3.12. The quantitative estimate of drug-likeness (QED) is 0.543. The number of hydrogen-bond acceptors (Lipinski definition) is 7. The van der Waals surface area contributed by atoms with Crippen molar-refractivity contribution >= 4 is 17.5 Å². The molecule has 0 unspecified atom stereocenters. The molecule has 0 saturated heterocycles. The number of anilines is 1. The summed E-state index contributed by atoms with van der Waals surface area (Å²) in [5, 5.41) is 17.8. The maximum atomic E-state index is 13.6. The van der Waals surface area contributed by atoms with Gasteiger partial charge in [0.1, 0.15) is 5.56 Å². The molecule has 0 fully saturated rings. The van der Waals surface area contributed by atoms with Gasteiger partial charge in [-0.25, -0.2) is 4.90 Å². The third-order valence-corrected chi connectivity index (χ3v) is 4.58. The first kappa shape index (κ1) is 19.2. The van der Waals surface area contributed by atoms with Gasteiger partial charge in [0.15, 0.2) is 5.76 Å². The van der Waals surface area contributed by atoms with E-state index in [1.807, 2.05) is 30.3 Å². The van der Waals surface area contributed by atoms with Crippen LogP contribution in [0.5, 0.6) is 0 Å². The Morgan fingerprint density at radius 1 is 1.07 bits per heavy atom. The maximum absolute atomic E-state index is 13.6. The summed E-state index contributed by atoms with van der Waals surface area (Å²) in [5.74, 6) is -0.185. The lowest BCUT2D eigenvalue weighted by atomic mass is 10.0. The highest BCUT2D eigenvalue weighted by molar-refractivity contribution is 6.23. The molecule has 4 aromatic rings. The lowest BCUT2D eigenvalue weighted by Crippen LogP contribution is -2.37. The van der Waals surface area contributed by atoms with Crippen molar-refractivity contribution in [1.82, 2.24) is 25.8 Å². The second-order valence-corrected chi connectivity index (χ2v) is 6.51. The molecule has 1 N–H and O–H groups in total. The Morgan fingerprint density at radius 2 is 1.83 bits per heavy atom. The first-order valence-electron chi connectivity index (χ1n) is 9.33. The van der Waals surface area contributed by atoms with Gasteiger partial charge in [0.25, 0.3) is 5.91 Å². The Labute approximate surface area is 171 Å². The Bertz CT molecular complexity index is 1180. The van der Waals surface area contributed by atoms with Crippen molar-refractivity contribution in [3.8, 4) is 22.7 Å². The van der Waals surface area contributed by atoms with Crippen LogP contribution in [0, 0.1) is 6.92 Å². The summed E-state index contributed by atoms with van der Waals surface area (Å²) in [5.41, 5.74) is 2.36. The summed E-state index contributed by atoms with van der Waals surface area (Å²) in [6.45, 7) is 3.37. The molecule has 2 aromatic carbocycles. The number of nitrogens with one attached hydrogen (secondary N) is 1. The molecule has 0 aliphatic rings. The second kappa shape index (κ2) is 8.08. The van der Waals surface area contributed by atoms with Crippen LogP contribution < -0.4 is 4.90 Å². The van der Waals surface area contributed by atoms with Crippen LogP contribution in [0.1, 0.15) is 29.4 Å². The van der Waals surface area contributed by atoms with E-state index in [2.05, 4.69) is 25.8 Å². The van der Waals surface area contributed by atoms with Gasteiger partial charge in [0.2, 0.25) is 11.7 Å². The number of carbonyl (C=O) groups is 2. The van der Waals surface area contributed by atoms with E-state index in [0.29, 0.717) is 34.1 Å². The first-order chi connectivity index (χ1) is 14.6. The SMILES string of the molecule is CCC(=O)N(C(=O)c1c(C)noc1-c1ccccc1)c1cccc(-c2nn[nH]n2)c1. The van der Waals surface area contributed by atoms with E-state index in [0.717, 1.165) is 4.90 Å². The fourth-order valence-electron chi connectivity index (χ4n) is 3.12. The zero-order valence-electron chi connectivity index (χ0n) is 16.4. The number of amides is 2. The smallest absolute Gasteiger partial charge is 0.270 e. The van der Waals surface area contributed by atoms with Gasteiger partial charge in [-0.05, 0) is 24.3 Å². The van der Waals surface area contributed by atoms with Gasteiger partial charge < -0.3 is 4.52 Å². The van der Waals surface area contributed by atoms with Gasteiger partial charge in [0.05, 0.1) is 11.4 Å². The predicted molar refractivity (Wildman–Crippen MR) is 108 cm³/mol. The number of rotatable bonds is 5. The topological polar surface area (TPSA) is 118 Å². The molecule has 150 valence electrons. The van der Waals surface area contributed by atoms with E-state index in [9.17, 15) is 9.59 Å². The molecule has 0 aliphatic heterocycles. The van der Waals surface area contributed by atoms with Crippen LogP contribution in [0.4, 0.5) is 5.69 Å². The highest BCUT2D eigenvalue weighted by Gasteiger charge is 2.30. The van der Waals surface area contributed by atoms with Crippen molar-refractivity contribution < 1.29 is 14.1 Å². The molecular formula is C21H18N6O3. The van der Waals surface area contributed by atoms with Crippen molar-refractivity contribution in [3.63, 3.8) is 0 Å². The molecule has 0 spiro atoms. The Morgan fingerprint density at radius 3 is 2.53 bits per heavy atom. The maximum Gasteiger partial charge on any atom is 0.270 e. The van der Waals surface area contributed by atoms with E-state index >= 15 is 0 Å². The average Bonchev–Trinajstić information content (AvgIpc) is 3.44. The van der Waals surface area contributed by atoms with Crippen LogP contribution in [-0.4, -0.2) is 37.6 Å². The number of tetrazole rings is 1. The van der Waals surface area contributed by atoms with Crippen LogP contribution in [-0.2, 0) is 4.79 Å². The van der Waals surface area contributed by atoms with Crippen molar-refractivity contribution in [1.29, 1.82) is 0 Å². The lowest BCUT2D eigenvalue weighted by Gasteiger charge is -2.21. The number of hydrogen-bond donors (Lipinski definition) is 1. The Balaban J connectivity index is 1.80. The standard InChI is InChI=1S/C21H18N6O3/c1-3-17(28)27(16-11-7-10-15(12-16)20-22-25-26-23-20)21(29)18-13(2)24-30-19(18)14-8-5-4-6-9-14/h4-12H,3H2,1-2H3,(H,22,23,25,26). The van der Waals surface area contributed by atoms with Crippen LogP contribution in [0.3, 0.4) is 0 Å². The predicted octanol–water partition coefficient (Wildman–Crippen LogP) is 3.41. The number of carbonyl (C=O) groups excluding carboxylic acids is 2. The minimum absolute atomic E-state index is 0.142. The lowest BCUT2D eigenvalue weighted by molar-refractivity contribution is -0.117. The molecule has 0 bridgehead atoms. The van der Waals surface area contributed by atoms with Gasteiger partial charge >= 0.3 is 0 Å². The van der Waals surface area contributed by atoms with Gasteiger partial charge in [-0.1, -0.05) is 54.5 Å². The molecule has 9 nitrogen and oxygen atoms in total. The van der Waals surface area contributed by atoms with E-state index in [4.69, 9.17) is 4.52 Å². The average molecular weight is 402 g/mol. The largest absolute Gasteiger partial charge is 0.355 e. The Hall–Kier alpha value is -4.14. The molecule has 30 heavy (non-hydrogen) atoms. The number of aromatic nitrogens is 5. The first-order valence-corrected chi connectivity index (χ1v) is 9.33. The van der Waals surface area contributed by atoms with E-state index in [1.54, 1.807) is 38.1 Å². The van der Waals surface area contributed by atoms with E-state index < -0.39 is 5.91 Å². The summed E-state index contributed by atoms with van der Waals surface area (Å²) in [7, 11) is 0. The van der Waals surface area contributed by atoms with E-state index in [-0.39, 0.29) is 17.9 Å². The third kappa shape index (κ3) is 3.48. The molecule has 0 aliphatic carbocycles.